The molecule has 1 rings (SSSR count). The van der Waals surface area contributed by atoms with E-state index >= 15 is 0 Å². The zero-order valence-corrected chi connectivity index (χ0v) is 5.62. The summed E-state index contributed by atoms with van der Waals surface area (Å²) >= 11 is 0. The molecule has 0 aromatic heterocycles. The Hall–Kier alpha value is -1.08. The Morgan fingerprint density at radius 3 is 2.70 bits per heavy atom. The van der Waals surface area contributed by atoms with Crippen molar-refractivity contribution in [3.8, 4) is 0 Å². The molecule has 10 heavy (non-hydrogen) atoms. The third-order valence-corrected chi connectivity index (χ3v) is 1.16. The first-order chi connectivity index (χ1) is 4.93. The number of hydrogen-bond acceptors (Lipinski definition) is 1. The van der Waals surface area contributed by atoms with E-state index in [0.29, 0.717) is 0 Å². The minimum absolute atomic E-state index is 0.0958. The maximum atomic E-state index is 8.43. The maximum absolute atomic E-state index is 8.43. The number of rotatable bonds is 2. The largest absolute Gasteiger partial charge is 0.392 e. The first-order valence-electron chi connectivity index (χ1n) is 3.17. The SMILES string of the molecule is OCC=Cc1cc[c]cc1. The summed E-state index contributed by atoms with van der Waals surface area (Å²) in [6.45, 7) is 0.0958. The van der Waals surface area contributed by atoms with Gasteiger partial charge in [0.2, 0.25) is 0 Å². The molecule has 1 nitrogen and oxygen atoms in total. The second-order valence-corrected chi connectivity index (χ2v) is 1.92. The number of aliphatic hydroxyl groups excluding tert-OH is 1. The smallest absolute Gasteiger partial charge is 0.0615 e. The molecule has 1 aromatic rings. The van der Waals surface area contributed by atoms with Crippen molar-refractivity contribution in [1.82, 2.24) is 0 Å². The van der Waals surface area contributed by atoms with Crippen molar-refractivity contribution in [2.75, 3.05) is 6.61 Å². The second-order valence-electron chi connectivity index (χ2n) is 1.92. The van der Waals surface area contributed by atoms with E-state index in [1.165, 1.54) is 0 Å². The van der Waals surface area contributed by atoms with Gasteiger partial charge in [-0.3, -0.25) is 0 Å². The van der Waals surface area contributed by atoms with E-state index in [1.807, 2.05) is 30.3 Å². The maximum Gasteiger partial charge on any atom is 0.0615 e. The Morgan fingerprint density at radius 1 is 1.40 bits per heavy atom. The van der Waals surface area contributed by atoms with Crippen LogP contribution in [0.4, 0.5) is 0 Å². The van der Waals surface area contributed by atoms with Crippen LogP contribution in [0.1, 0.15) is 5.56 Å². The van der Waals surface area contributed by atoms with Crippen LogP contribution >= 0.6 is 0 Å². The predicted molar refractivity (Wildman–Crippen MR) is 41.4 cm³/mol. The molecule has 0 unspecified atom stereocenters. The quantitative estimate of drug-likeness (QED) is 0.648. The van der Waals surface area contributed by atoms with E-state index in [4.69, 9.17) is 5.11 Å². The van der Waals surface area contributed by atoms with Crippen LogP contribution in [-0.4, -0.2) is 11.7 Å². The average Bonchev–Trinajstić information content (AvgIpc) is 2.03. The van der Waals surface area contributed by atoms with Gasteiger partial charge >= 0.3 is 0 Å². The van der Waals surface area contributed by atoms with E-state index in [2.05, 4.69) is 6.07 Å². The van der Waals surface area contributed by atoms with Gasteiger partial charge in [0.25, 0.3) is 0 Å². The van der Waals surface area contributed by atoms with Crippen molar-refractivity contribution in [2.45, 2.75) is 0 Å². The van der Waals surface area contributed by atoms with Gasteiger partial charge < -0.3 is 5.11 Å². The summed E-state index contributed by atoms with van der Waals surface area (Å²) in [4.78, 5) is 0. The van der Waals surface area contributed by atoms with Gasteiger partial charge in [0.1, 0.15) is 0 Å². The van der Waals surface area contributed by atoms with E-state index in [9.17, 15) is 0 Å². The van der Waals surface area contributed by atoms with Gasteiger partial charge in [0.05, 0.1) is 6.61 Å². The standard InChI is InChI=1S/C9H9O/c10-8-4-7-9-5-2-1-3-6-9/h2-7,10H,8H2. The van der Waals surface area contributed by atoms with Crippen molar-refractivity contribution in [3.63, 3.8) is 0 Å². The molecule has 51 valence electrons. The summed E-state index contributed by atoms with van der Waals surface area (Å²) < 4.78 is 0. The summed E-state index contributed by atoms with van der Waals surface area (Å²) in [5.41, 5.74) is 1.09. The molecule has 0 amide bonds. The molecule has 0 aliphatic carbocycles. The highest BCUT2D eigenvalue weighted by Gasteiger charge is 1.79. The zero-order valence-electron chi connectivity index (χ0n) is 5.62. The van der Waals surface area contributed by atoms with Crippen LogP contribution in [-0.2, 0) is 0 Å². The summed E-state index contributed by atoms with van der Waals surface area (Å²) in [5, 5.41) is 8.43. The van der Waals surface area contributed by atoms with Crippen molar-refractivity contribution in [1.29, 1.82) is 0 Å². The van der Waals surface area contributed by atoms with Crippen molar-refractivity contribution >= 4 is 6.08 Å². The lowest BCUT2D eigenvalue weighted by molar-refractivity contribution is 0.343. The molecular formula is C9H9O. The Labute approximate surface area is 60.6 Å². The fraction of sp³-hybridized carbons (Fsp3) is 0.111. The Bertz CT molecular complexity index is 201. The predicted octanol–water partition coefficient (Wildman–Crippen LogP) is 1.49. The van der Waals surface area contributed by atoms with Gasteiger partial charge in [-0.25, -0.2) is 0 Å². The summed E-state index contributed by atoms with van der Waals surface area (Å²) in [6.07, 6.45) is 3.57. The number of aliphatic hydroxyl groups is 1. The normalized spacial score (nSPS) is 10.5. The van der Waals surface area contributed by atoms with Crippen LogP contribution in [0, 0.1) is 6.07 Å². The molecule has 0 fully saturated rings. The lowest BCUT2D eigenvalue weighted by atomic mass is 10.2. The lowest BCUT2D eigenvalue weighted by Gasteiger charge is -1.87. The van der Waals surface area contributed by atoms with E-state index in [1.54, 1.807) is 6.08 Å². The molecule has 0 heterocycles. The van der Waals surface area contributed by atoms with Gasteiger partial charge in [0.15, 0.2) is 0 Å². The molecule has 1 radical (unpaired) electrons. The van der Waals surface area contributed by atoms with Crippen LogP contribution in [0.15, 0.2) is 30.3 Å². The van der Waals surface area contributed by atoms with E-state index < -0.39 is 0 Å². The average molecular weight is 133 g/mol. The second kappa shape index (κ2) is 3.85. The van der Waals surface area contributed by atoms with Crippen LogP contribution in [0.3, 0.4) is 0 Å². The topological polar surface area (TPSA) is 20.2 Å². The van der Waals surface area contributed by atoms with Crippen molar-refractivity contribution in [2.24, 2.45) is 0 Å². The Balaban J connectivity index is 2.67. The van der Waals surface area contributed by atoms with Crippen LogP contribution < -0.4 is 0 Å². The van der Waals surface area contributed by atoms with Gasteiger partial charge in [-0.2, -0.15) is 0 Å². The zero-order chi connectivity index (χ0) is 7.23. The first kappa shape index (κ1) is 7.03. The molecule has 1 heteroatoms. The third-order valence-electron chi connectivity index (χ3n) is 1.16. The molecule has 0 spiro atoms. The molecule has 1 aromatic carbocycles. The third kappa shape index (κ3) is 2.03. The monoisotopic (exact) mass is 133 g/mol. The van der Waals surface area contributed by atoms with Crippen LogP contribution in [0.2, 0.25) is 0 Å². The highest BCUT2D eigenvalue weighted by Crippen LogP contribution is 1.99. The summed E-state index contributed by atoms with van der Waals surface area (Å²) in [5.74, 6) is 0. The minimum atomic E-state index is 0.0958. The molecule has 0 saturated carbocycles. The number of hydrogen-bond donors (Lipinski definition) is 1. The summed E-state index contributed by atoms with van der Waals surface area (Å²) in [7, 11) is 0. The molecule has 1 N–H and O–H groups in total. The lowest BCUT2D eigenvalue weighted by Crippen LogP contribution is -1.72. The van der Waals surface area contributed by atoms with E-state index in [0.717, 1.165) is 5.56 Å². The van der Waals surface area contributed by atoms with E-state index in [-0.39, 0.29) is 6.61 Å². The molecular weight excluding hydrogens is 124 g/mol. The van der Waals surface area contributed by atoms with Gasteiger partial charge in [-0.1, -0.05) is 36.4 Å². The fourth-order valence-electron chi connectivity index (χ4n) is 0.700. The molecule has 0 bridgehead atoms. The highest BCUT2D eigenvalue weighted by atomic mass is 16.2. The van der Waals surface area contributed by atoms with Gasteiger partial charge in [-0.15, -0.1) is 0 Å². The Morgan fingerprint density at radius 2 is 2.10 bits per heavy atom. The van der Waals surface area contributed by atoms with Gasteiger partial charge in [-0.05, 0) is 11.6 Å². The molecule has 0 saturated heterocycles. The highest BCUT2D eigenvalue weighted by molar-refractivity contribution is 5.48. The first-order valence-corrected chi connectivity index (χ1v) is 3.17. The van der Waals surface area contributed by atoms with Crippen LogP contribution in [0.25, 0.3) is 6.08 Å². The van der Waals surface area contributed by atoms with Crippen molar-refractivity contribution in [3.05, 3.63) is 42.0 Å². The Kier molecular flexibility index (Phi) is 2.71. The molecule has 0 aliphatic heterocycles. The fourth-order valence-corrected chi connectivity index (χ4v) is 0.700. The summed E-state index contributed by atoms with van der Waals surface area (Å²) in [6, 6.07) is 10.5. The van der Waals surface area contributed by atoms with Crippen LogP contribution in [0.5, 0.6) is 0 Å². The number of benzene rings is 1. The van der Waals surface area contributed by atoms with Gasteiger partial charge in [0, 0.05) is 0 Å². The molecule has 0 atom stereocenters. The van der Waals surface area contributed by atoms with Crippen molar-refractivity contribution < 1.29 is 5.11 Å². The molecule has 0 aliphatic rings. The minimum Gasteiger partial charge on any atom is -0.392 e.